The first-order valence-corrected chi connectivity index (χ1v) is 5.40. The molecule has 0 atom stereocenters. The normalized spacial score (nSPS) is 10.4. The summed E-state index contributed by atoms with van der Waals surface area (Å²) in [7, 11) is 1.97. The number of aromatic nitrogens is 2. The van der Waals surface area contributed by atoms with Gasteiger partial charge >= 0.3 is 0 Å². The van der Waals surface area contributed by atoms with Crippen molar-refractivity contribution in [3.8, 4) is 5.75 Å². The third kappa shape index (κ3) is 2.55. The Labute approximate surface area is 99.6 Å². The largest absolute Gasteiger partial charge is 0.487 e. The van der Waals surface area contributed by atoms with Crippen LogP contribution in [0.3, 0.4) is 0 Å². The van der Waals surface area contributed by atoms with Gasteiger partial charge < -0.3 is 9.30 Å². The molecule has 2 aromatic rings. The fourth-order valence-corrected chi connectivity index (χ4v) is 1.52. The van der Waals surface area contributed by atoms with Gasteiger partial charge in [-0.05, 0) is 31.2 Å². The average molecular weight is 237 g/mol. The van der Waals surface area contributed by atoms with Crippen molar-refractivity contribution in [3.05, 3.63) is 47.0 Å². The predicted octanol–water partition coefficient (Wildman–Crippen LogP) is 2.96. The molecule has 0 saturated carbocycles. The van der Waals surface area contributed by atoms with Crippen molar-refractivity contribution in [2.75, 3.05) is 0 Å². The Kier molecular flexibility index (Phi) is 3.15. The standard InChI is InChI=1S/C12H13ClN2O/c1-9-14-11(7-15(9)2)8-16-12-5-3-10(13)4-6-12/h3-7H,8H2,1-2H3. The van der Waals surface area contributed by atoms with E-state index in [4.69, 9.17) is 16.3 Å². The Morgan fingerprint density at radius 1 is 1.31 bits per heavy atom. The van der Waals surface area contributed by atoms with Gasteiger partial charge in [0.1, 0.15) is 18.2 Å². The molecular weight excluding hydrogens is 224 g/mol. The van der Waals surface area contributed by atoms with Gasteiger partial charge in [0.15, 0.2) is 0 Å². The maximum atomic E-state index is 5.78. The van der Waals surface area contributed by atoms with Gasteiger partial charge in [-0.2, -0.15) is 0 Å². The van der Waals surface area contributed by atoms with Crippen LogP contribution in [-0.2, 0) is 13.7 Å². The van der Waals surface area contributed by atoms with Crippen LogP contribution in [0.4, 0.5) is 0 Å². The zero-order chi connectivity index (χ0) is 11.5. The van der Waals surface area contributed by atoms with Crippen molar-refractivity contribution in [2.45, 2.75) is 13.5 Å². The first-order valence-electron chi connectivity index (χ1n) is 5.02. The number of aryl methyl sites for hydroxylation is 2. The molecule has 16 heavy (non-hydrogen) atoms. The van der Waals surface area contributed by atoms with Gasteiger partial charge in [-0.1, -0.05) is 11.6 Å². The van der Waals surface area contributed by atoms with Crippen LogP contribution < -0.4 is 4.74 Å². The van der Waals surface area contributed by atoms with Crippen LogP contribution in [0.5, 0.6) is 5.75 Å². The molecule has 1 heterocycles. The van der Waals surface area contributed by atoms with E-state index in [-0.39, 0.29) is 0 Å². The van der Waals surface area contributed by atoms with Gasteiger partial charge in [-0.25, -0.2) is 4.98 Å². The fraction of sp³-hybridized carbons (Fsp3) is 0.250. The molecule has 0 fully saturated rings. The summed E-state index contributed by atoms with van der Waals surface area (Å²) in [5.41, 5.74) is 0.926. The van der Waals surface area contributed by atoms with E-state index in [1.807, 2.05) is 36.9 Å². The van der Waals surface area contributed by atoms with E-state index in [0.717, 1.165) is 17.3 Å². The van der Waals surface area contributed by atoms with E-state index < -0.39 is 0 Å². The quantitative estimate of drug-likeness (QED) is 0.819. The van der Waals surface area contributed by atoms with Crippen molar-refractivity contribution in [2.24, 2.45) is 7.05 Å². The summed E-state index contributed by atoms with van der Waals surface area (Å²) >= 11 is 5.78. The topological polar surface area (TPSA) is 27.1 Å². The van der Waals surface area contributed by atoms with E-state index in [1.54, 1.807) is 12.1 Å². The van der Waals surface area contributed by atoms with E-state index in [9.17, 15) is 0 Å². The van der Waals surface area contributed by atoms with Crippen LogP contribution >= 0.6 is 11.6 Å². The van der Waals surface area contributed by atoms with Gasteiger partial charge in [0.25, 0.3) is 0 Å². The lowest BCUT2D eigenvalue weighted by Crippen LogP contribution is -1.95. The smallest absolute Gasteiger partial charge is 0.132 e. The maximum absolute atomic E-state index is 5.78. The van der Waals surface area contributed by atoms with Gasteiger partial charge in [0, 0.05) is 18.3 Å². The molecule has 0 amide bonds. The van der Waals surface area contributed by atoms with Crippen molar-refractivity contribution in [1.29, 1.82) is 0 Å². The highest BCUT2D eigenvalue weighted by Gasteiger charge is 2.01. The van der Waals surface area contributed by atoms with Crippen LogP contribution in [0.1, 0.15) is 11.5 Å². The SMILES string of the molecule is Cc1nc(COc2ccc(Cl)cc2)cn1C. The third-order valence-electron chi connectivity index (χ3n) is 2.36. The van der Waals surface area contributed by atoms with Crippen LogP contribution in [0.2, 0.25) is 5.02 Å². The van der Waals surface area contributed by atoms with Crippen LogP contribution in [-0.4, -0.2) is 9.55 Å². The number of benzene rings is 1. The van der Waals surface area contributed by atoms with Crippen molar-refractivity contribution in [3.63, 3.8) is 0 Å². The second-order valence-electron chi connectivity index (χ2n) is 3.63. The molecule has 1 aromatic carbocycles. The fourth-order valence-electron chi connectivity index (χ4n) is 1.39. The molecule has 2 rings (SSSR count). The number of hydrogen-bond acceptors (Lipinski definition) is 2. The van der Waals surface area contributed by atoms with E-state index in [0.29, 0.717) is 11.6 Å². The summed E-state index contributed by atoms with van der Waals surface area (Å²) < 4.78 is 7.55. The van der Waals surface area contributed by atoms with Gasteiger partial charge in [0.05, 0.1) is 5.69 Å². The minimum Gasteiger partial charge on any atom is -0.487 e. The van der Waals surface area contributed by atoms with Crippen molar-refractivity contribution in [1.82, 2.24) is 9.55 Å². The lowest BCUT2D eigenvalue weighted by atomic mass is 10.3. The van der Waals surface area contributed by atoms with Crippen LogP contribution in [0, 0.1) is 6.92 Å². The number of ether oxygens (including phenoxy) is 1. The lowest BCUT2D eigenvalue weighted by molar-refractivity contribution is 0.301. The molecule has 4 heteroatoms. The molecule has 0 radical (unpaired) electrons. The van der Waals surface area contributed by atoms with Crippen molar-refractivity contribution < 1.29 is 4.74 Å². The zero-order valence-electron chi connectivity index (χ0n) is 9.27. The Balaban J connectivity index is 1.99. The van der Waals surface area contributed by atoms with Gasteiger partial charge in [0.2, 0.25) is 0 Å². The molecule has 0 N–H and O–H groups in total. The minimum absolute atomic E-state index is 0.476. The summed E-state index contributed by atoms with van der Waals surface area (Å²) in [4.78, 5) is 4.35. The molecule has 3 nitrogen and oxygen atoms in total. The number of imidazole rings is 1. The average Bonchev–Trinajstić information content (AvgIpc) is 2.58. The number of nitrogens with zero attached hydrogens (tertiary/aromatic N) is 2. The molecule has 0 aliphatic heterocycles. The number of hydrogen-bond donors (Lipinski definition) is 0. The third-order valence-corrected chi connectivity index (χ3v) is 2.61. The minimum atomic E-state index is 0.476. The zero-order valence-corrected chi connectivity index (χ0v) is 10.0. The van der Waals surface area contributed by atoms with E-state index >= 15 is 0 Å². The maximum Gasteiger partial charge on any atom is 0.132 e. The van der Waals surface area contributed by atoms with E-state index in [1.165, 1.54) is 0 Å². The number of rotatable bonds is 3. The molecule has 0 unspecified atom stereocenters. The van der Waals surface area contributed by atoms with Crippen LogP contribution in [0.15, 0.2) is 30.5 Å². The first-order chi connectivity index (χ1) is 7.65. The molecular formula is C12H13ClN2O. The summed E-state index contributed by atoms with van der Waals surface area (Å²) in [6, 6.07) is 7.30. The summed E-state index contributed by atoms with van der Waals surface area (Å²) in [6.07, 6.45) is 1.96. The van der Waals surface area contributed by atoms with Gasteiger partial charge in [-0.3, -0.25) is 0 Å². The summed E-state index contributed by atoms with van der Waals surface area (Å²) in [5, 5.41) is 0.709. The molecule has 84 valence electrons. The highest BCUT2D eigenvalue weighted by atomic mass is 35.5. The molecule has 0 spiro atoms. The van der Waals surface area contributed by atoms with Gasteiger partial charge in [-0.15, -0.1) is 0 Å². The monoisotopic (exact) mass is 236 g/mol. The summed E-state index contributed by atoms with van der Waals surface area (Å²) in [5.74, 6) is 1.78. The molecule has 0 bridgehead atoms. The van der Waals surface area contributed by atoms with E-state index in [2.05, 4.69) is 4.98 Å². The first kappa shape index (κ1) is 11.0. The molecule has 0 saturated heterocycles. The molecule has 0 aliphatic carbocycles. The molecule has 0 aliphatic rings. The second-order valence-corrected chi connectivity index (χ2v) is 4.07. The Morgan fingerprint density at radius 2 is 2.00 bits per heavy atom. The second kappa shape index (κ2) is 4.58. The highest BCUT2D eigenvalue weighted by molar-refractivity contribution is 6.30. The van der Waals surface area contributed by atoms with Crippen molar-refractivity contribution >= 4 is 11.6 Å². The Hall–Kier alpha value is -1.48. The number of halogens is 1. The highest BCUT2D eigenvalue weighted by Crippen LogP contribution is 2.16. The molecule has 1 aromatic heterocycles. The van der Waals surface area contributed by atoms with Crippen LogP contribution in [0.25, 0.3) is 0 Å². The predicted molar refractivity (Wildman–Crippen MR) is 63.7 cm³/mol. The Bertz CT molecular complexity index is 457. The lowest BCUT2D eigenvalue weighted by Gasteiger charge is -2.03. The summed E-state index contributed by atoms with van der Waals surface area (Å²) in [6.45, 7) is 2.44. The Morgan fingerprint density at radius 3 is 2.56 bits per heavy atom.